The molecule has 1 aromatic heterocycles. The van der Waals surface area contributed by atoms with E-state index in [9.17, 15) is 10.1 Å². The summed E-state index contributed by atoms with van der Waals surface area (Å²) in [5.41, 5.74) is 3.37. The van der Waals surface area contributed by atoms with Gasteiger partial charge in [0.1, 0.15) is 11.1 Å². The van der Waals surface area contributed by atoms with Crippen LogP contribution in [0.3, 0.4) is 0 Å². The molecule has 0 aliphatic heterocycles. The van der Waals surface area contributed by atoms with Gasteiger partial charge in [0.15, 0.2) is 0 Å². The van der Waals surface area contributed by atoms with Crippen molar-refractivity contribution >= 4 is 17.7 Å². The number of hydrogen-bond acceptors (Lipinski definition) is 4. The molecule has 6 rings (SSSR count). The lowest BCUT2D eigenvalue weighted by Crippen LogP contribution is -2.49. The third-order valence-electron chi connectivity index (χ3n) is 7.14. The zero-order valence-electron chi connectivity index (χ0n) is 16.3. The average Bonchev–Trinajstić information content (AvgIpc) is 2.71. The van der Waals surface area contributed by atoms with E-state index in [2.05, 4.69) is 12.1 Å². The number of hydrogen-bond donors (Lipinski definition) is 1. The fraction of sp³-hybridized carbons (Fsp3) is 0.458. The molecule has 4 aliphatic carbocycles. The number of nitriles is 1. The summed E-state index contributed by atoms with van der Waals surface area (Å²) in [4.78, 5) is 16.1. The smallest absolute Gasteiger partial charge is 0.335 e. The van der Waals surface area contributed by atoms with Gasteiger partial charge < -0.3 is 5.11 Å². The Balaban J connectivity index is 1.39. The van der Waals surface area contributed by atoms with Crippen LogP contribution in [0.2, 0.25) is 0 Å². The molecule has 4 saturated carbocycles. The number of aromatic nitrogens is 1. The Morgan fingerprint density at radius 3 is 2.24 bits per heavy atom. The number of carboxylic acid groups (broad SMARTS) is 1. The number of rotatable bonds is 5. The quantitative estimate of drug-likeness (QED) is 0.674. The molecule has 0 radical (unpaired) electrons. The number of carbonyl (C=O) groups is 1. The highest BCUT2D eigenvalue weighted by Gasteiger charge is 2.52. The summed E-state index contributed by atoms with van der Waals surface area (Å²) >= 11 is 1.58. The maximum Gasteiger partial charge on any atom is 0.335 e. The van der Waals surface area contributed by atoms with Gasteiger partial charge in [0, 0.05) is 16.9 Å². The standard InChI is InChI=1S/C24H24N2O2S/c25-13-20-5-6-21(24-10-16-7-17(11-24)9-18(8-16)12-24)26-22(20)29-14-15-1-3-19(4-2-15)23(27)28/h1-6,16-18H,7-12,14H2,(H,27,28). The molecule has 5 heteroatoms. The molecule has 0 atom stereocenters. The van der Waals surface area contributed by atoms with Crippen LogP contribution in [0, 0.1) is 29.1 Å². The maximum atomic E-state index is 11.0. The minimum atomic E-state index is -0.916. The second-order valence-electron chi connectivity index (χ2n) is 9.15. The summed E-state index contributed by atoms with van der Waals surface area (Å²) in [5.74, 6) is 2.35. The normalized spacial score (nSPS) is 29.6. The van der Waals surface area contributed by atoms with Crippen LogP contribution < -0.4 is 0 Å². The molecule has 0 unspecified atom stereocenters. The molecular weight excluding hydrogens is 380 g/mol. The number of benzene rings is 1. The molecule has 2 aromatic rings. The van der Waals surface area contributed by atoms with E-state index in [1.807, 2.05) is 18.2 Å². The molecule has 0 spiro atoms. The van der Waals surface area contributed by atoms with Crippen molar-refractivity contribution in [2.24, 2.45) is 17.8 Å². The van der Waals surface area contributed by atoms with Crippen LogP contribution >= 0.6 is 11.8 Å². The lowest BCUT2D eigenvalue weighted by atomic mass is 9.49. The van der Waals surface area contributed by atoms with Crippen LogP contribution in [-0.4, -0.2) is 16.1 Å². The molecule has 29 heavy (non-hydrogen) atoms. The molecular formula is C24H24N2O2S. The molecule has 4 fully saturated rings. The van der Waals surface area contributed by atoms with Crippen LogP contribution in [0.1, 0.15) is 65.7 Å². The van der Waals surface area contributed by atoms with Gasteiger partial charge in [-0.2, -0.15) is 5.26 Å². The van der Waals surface area contributed by atoms with E-state index in [-0.39, 0.29) is 5.41 Å². The van der Waals surface area contributed by atoms with Crippen molar-refractivity contribution in [3.63, 3.8) is 0 Å². The van der Waals surface area contributed by atoms with E-state index in [4.69, 9.17) is 10.1 Å². The number of thioether (sulfide) groups is 1. The van der Waals surface area contributed by atoms with Crippen molar-refractivity contribution in [1.29, 1.82) is 5.26 Å². The van der Waals surface area contributed by atoms with Gasteiger partial charge in [-0.15, -0.1) is 11.8 Å². The SMILES string of the molecule is N#Cc1ccc(C23CC4CC(CC(C4)C2)C3)nc1SCc1ccc(C(=O)O)cc1. The Kier molecular flexibility index (Phi) is 4.63. The Labute approximate surface area is 175 Å². The first-order valence-electron chi connectivity index (χ1n) is 10.4. The monoisotopic (exact) mass is 404 g/mol. The van der Waals surface area contributed by atoms with Gasteiger partial charge in [0.2, 0.25) is 0 Å². The number of carboxylic acids is 1. The number of pyridine rings is 1. The minimum Gasteiger partial charge on any atom is -0.478 e. The van der Waals surface area contributed by atoms with Gasteiger partial charge in [0.05, 0.1) is 11.1 Å². The van der Waals surface area contributed by atoms with Gasteiger partial charge in [-0.1, -0.05) is 12.1 Å². The molecule has 4 bridgehead atoms. The van der Waals surface area contributed by atoms with E-state index in [1.165, 1.54) is 44.2 Å². The topological polar surface area (TPSA) is 74.0 Å². The third-order valence-corrected chi connectivity index (χ3v) is 8.20. The van der Waals surface area contributed by atoms with Gasteiger partial charge >= 0.3 is 5.97 Å². The van der Waals surface area contributed by atoms with Gasteiger partial charge in [-0.05, 0) is 86.1 Å². The highest BCUT2D eigenvalue weighted by atomic mass is 32.2. The van der Waals surface area contributed by atoms with Crippen molar-refractivity contribution in [2.45, 2.75) is 54.7 Å². The Morgan fingerprint density at radius 1 is 1.07 bits per heavy atom. The van der Waals surface area contributed by atoms with E-state index in [1.54, 1.807) is 23.9 Å². The first-order valence-corrected chi connectivity index (χ1v) is 11.4. The van der Waals surface area contributed by atoms with E-state index in [0.717, 1.165) is 28.3 Å². The fourth-order valence-electron chi connectivity index (χ4n) is 6.25. The largest absolute Gasteiger partial charge is 0.478 e. The van der Waals surface area contributed by atoms with Gasteiger partial charge in [-0.3, -0.25) is 0 Å². The molecule has 1 N–H and O–H groups in total. The summed E-state index contributed by atoms with van der Waals surface area (Å²) < 4.78 is 0. The van der Waals surface area contributed by atoms with E-state index in [0.29, 0.717) is 16.9 Å². The molecule has 1 heterocycles. The van der Waals surface area contributed by atoms with Crippen LogP contribution in [0.4, 0.5) is 0 Å². The number of aromatic carboxylic acids is 1. The van der Waals surface area contributed by atoms with Crippen LogP contribution in [0.5, 0.6) is 0 Å². The van der Waals surface area contributed by atoms with E-state index >= 15 is 0 Å². The van der Waals surface area contributed by atoms with Gasteiger partial charge in [-0.25, -0.2) is 9.78 Å². The predicted molar refractivity (Wildman–Crippen MR) is 112 cm³/mol. The lowest BCUT2D eigenvalue weighted by molar-refractivity contribution is -0.00744. The maximum absolute atomic E-state index is 11.0. The summed E-state index contributed by atoms with van der Waals surface area (Å²) in [5, 5.41) is 19.4. The zero-order chi connectivity index (χ0) is 20.0. The molecule has 148 valence electrons. The van der Waals surface area contributed by atoms with Crippen LogP contribution in [-0.2, 0) is 11.2 Å². The van der Waals surface area contributed by atoms with Crippen molar-refractivity contribution in [3.05, 3.63) is 58.8 Å². The first kappa shape index (κ1) is 18.7. The van der Waals surface area contributed by atoms with Crippen molar-refractivity contribution in [1.82, 2.24) is 4.98 Å². The average molecular weight is 405 g/mol. The minimum absolute atomic E-state index is 0.223. The third kappa shape index (κ3) is 3.44. The van der Waals surface area contributed by atoms with Crippen molar-refractivity contribution in [2.75, 3.05) is 0 Å². The number of nitrogens with zero attached hydrogens (tertiary/aromatic N) is 2. The first-order chi connectivity index (χ1) is 14.0. The second kappa shape index (κ2) is 7.18. The molecule has 4 aliphatic rings. The Morgan fingerprint density at radius 2 is 1.69 bits per heavy atom. The summed E-state index contributed by atoms with van der Waals surface area (Å²) in [6.07, 6.45) is 8.01. The Hall–Kier alpha value is -2.32. The van der Waals surface area contributed by atoms with E-state index < -0.39 is 5.97 Å². The van der Waals surface area contributed by atoms with Gasteiger partial charge in [0.25, 0.3) is 0 Å². The van der Waals surface area contributed by atoms with Crippen molar-refractivity contribution in [3.8, 4) is 6.07 Å². The second-order valence-corrected chi connectivity index (χ2v) is 10.1. The fourth-order valence-corrected chi connectivity index (χ4v) is 7.18. The summed E-state index contributed by atoms with van der Waals surface area (Å²) in [6, 6.07) is 13.3. The Bertz CT molecular complexity index is 958. The lowest BCUT2D eigenvalue weighted by Gasteiger charge is -2.56. The summed E-state index contributed by atoms with van der Waals surface area (Å²) in [7, 11) is 0. The highest BCUT2D eigenvalue weighted by molar-refractivity contribution is 7.98. The molecule has 0 amide bonds. The highest BCUT2D eigenvalue weighted by Crippen LogP contribution is 2.60. The van der Waals surface area contributed by atoms with Crippen molar-refractivity contribution < 1.29 is 9.90 Å². The zero-order valence-corrected chi connectivity index (χ0v) is 17.1. The summed E-state index contributed by atoms with van der Waals surface area (Å²) in [6.45, 7) is 0. The molecule has 0 saturated heterocycles. The molecule has 1 aromatic carbocycles. The predicted octanol–water partition coefficient (Wildman–Crippen LogP) is 5.41. The molecule has 4 nitrogen and oxygen atoms in total. The van der Waals surface area contributed by atoms with Crippen LogP contribution in [0.25, 0.3) is 0 Å². The van der Waals surface area contributed by atoms with Crippen LogP contribution in [0.15, 0.2) is 41.4 Å².